The molecular formula is C19H22ClNO3. The van der Waals surface area contributed by atoms with Crippen LogP contribution in [0.1, 0.15) is 18.9 Å². The Kier molecular flexibility index (Phi) is 6.94. The van der Waals surface area contributed by atoms with E-state index in [4.69, 9.17) is 21.1 Å². The van der Waals surface area contributed by atoms with Gasteiger partial charge < -0.3 is 14.8 Å². The first-order valence-electron chi connectivity index (χ1n) is 7.91. The van der Waals surface area contributed by atoms with E-state index >= 15 is 0 Å². The molecule has 1 amide bonds. The van der Waals surface area contributed by atoms with Crippen molar-refractivity contribution in [2.24, 2.45) is 0 Å². The molecule has 0 aliphatic heterocycles. The van der Waals surface area contributed by atoms with Crippen LogP contribution in [0, 0.1) is 0 Å². The number of hydrogen-bond acceptors (Lipinski definition) is 3. The first-order valence-corrected chi connectivity index (χ1v) is 8.29. The van der Waals surface area contributed by atoms with Crippen LogP contribution in [0.15, 0.2) is 48.5 Å². The maximum absolute atomic E-state index is 12.1. The van der Waals surface area contributed by atoms with Gasteiger partial charge in [0.05, 0.1) is 7.11 Å². The maximum Gasteiger partial charge on any atom is 0.260 e. The summed E-state index contributed by atoms with van der Waals surface area (Å²) in [5.41, 5.74) is 1.20. The standard InChI is InChI=1S/C19H22ClNO3/c1-14(24-18-7-3-6-17(13-18)23-2)19(22)21-12-4-5-15-8-10-16(20)11-9-15/h3,6-11,13-14H,4-5,12H2,1-2H3,(H,21,22)/t14-/m0/s1. The van der Waals surface area contributed by atoms with Crippen molar-refractivity contribution in [1.82, 2.24) is 5.32 Å². The van der Waals surface area contributed by atoms with Crippen LogP contribution >= 0.6 is 11.6 Å². The van der Waals surface area contributed by atoms with Crippen molar-refractivity contribution in [2.75, 3.05) is 13.7 Å². The molecule has 24 heavy (non-hydrogen) atoms. The Hall–Kier alpha value is -2.20. The van der Waals surface area contributed by atoms with Gasteiger partial charge in [0.25, 0.3) is 5.91 Å². The molecule has 0 heterocycles. The van der Waals surface area contributed by atoms with E-state index in [9.17, 15) is 4.79 Å². The minimum atomic E-state index is -0.562. The van der Waals surface area contributed by atoms with Crippen LogP contribution in [0.4, 0.5) is 0 Å². The van der Waals surface area contributed by atoms with Gasteiger partial charge in [-0.05, 0) is 49.6 Å². The number of methoxy groups -OCH3 is 1. The minimum absolute atomic E-state index is 0.131. The zero-order chi connectivity index (χ0) is 17.4. The predicted molar refractivity (Wildman–Crippen MR) is 95.9 cm³/mol. The molecular weight excluding hydrogens is 326 g/mol. The summed E-state index contributed by atoms with van der Waals surface area (Å²) < 4.78 is 10.8. The van der Waals surface area contributed by atoms with Crippen LogP contribution in [-0.2, 0) is 11.2 Å². The highest BCUT2D eigenvalue weighted by molar-refractivity contribution is 6.30. The van der Waals surface area contributed by atoms with Crippen molar-refractivity contribution < 1.29 is 14.3 Å². The number of ether oxygens (including phenoxy) is 2. The molecule has 0 unspecified atom stereocenters. The number of carbonyl (C=O) groups excluding carboxylic acids is 1. The number of benzene rings is 2. The molecule has 0 aromatic heterocycles. The molecule has 0 spiro atoms. The lowest BCUT2D eigenvalue weighted by Gasteiger charge is -2.15. The van der Waals surface area contributed by atoms with Gasteiger partial charge in [-0.3, -0.25) is 4.79 Å². The molecule has 5 heteroatoms. The molecule has 4 nitrogen and oxygen atoms in total. The van der Waals surface area contributed by atoms with Crippen LogP contribution < -0.4 is 14.8 Å². The smallest absolute Gasteiger partial charge is 0.260 e. The first-order chi connectivity index (χ1) is 11.6. The summed E-state index contributed by atoms with van der Waals surface area (Å²) in [6.45, 7) is 2.33. The summed E-state index contributed by atoms with van der Waals surface area (Å²) in [5.74, 6) is 1.18. The fourth-order valence-corrected chi connectivity index (χ4v) is 2.36. The molecule has 0 bridgehead atoms. The Morgan fingerprint density at radius 1 is 1.17 bits per heavy atom. The number of hydrogen-bond donors (Lipinski definition) is 1. The van der Waals surface area contributed by atoms with Gasteiger partial charge in [0.2, 0.25) is 0 Å². The summed E-state index contributed by atoms with van der Waals surface area (Å²) in [7, 11) is 1.59. The zero-order valence-electron chi connectivity index (χ0n) is 13.9. The lowest BCUT2D eigenvalue weighted by molar-refractivity contribution is -0.127. The highest BCUT2D eigenvalue weighted by atomic mass is 35.5. The summed E-state index contributed by atoms with van der Waals surface area (Å²) in [6.07, 6.45) is 1.19. The highest BCUT2D eigenvalue weighted by Gasteiger charge is 2.14. The van der Waals surface area contributed by atoms with Gasteiger partial charge in [0.15, 0.2) is 6.10 Å². The molecule has 1 atom stereocenters. The van der Waals surface area contributed by atoms with Crippen LogP contribution in [-0.4, -0.2) is 25.7 Å². The number of carbonyl (C=O) groups is 1. The zero-order valence-corrected chi connectivity index (χ0v) is 14.7. The van der Waals surface area contributed by atoms with Crippen LogP contribution in [0.5, 0.6) is 11.5 Å². The van der Waals surface area contributed by atoms with E-state index < -0.39 is 6.10 Å². The van der Waals surface area contributed by atoms with Crippen molar-refractivity contribution in [3.63, 3.8) is 0 Å². The van der Waals surface area contributed by atoms with E-state index in [1.807, 2.05) is 36.4 Å². The number of amides is 1. The van der Waals surface area contributed by atoms with E-state index in [0.717, 1.165) is 17.9 Å². The first kappa shape index (κ1) is 18.1. The maximum atomic E-state index is 12.1. The van der Waals surface area contributed by atoms with Crippen molar-refractivity contribution in [2.45, 2.75) is 25.9 Å². The predicted octanol–water partition coefficient (Wildman–Crippen LogP) is 3.86. The highest BCUT2D eigenvalue weighted by Crippen LogP contribution is 2.20. The van der Waals surface area contributed by atoms with E-state index in [1.54, 1.807) is 26.2 Å². The lowest BCUT2D eigenvalue weighted by atomic mass is 10.1. The molecule has 0 saturated carbocycles. The Morgan fingerprint density at radius 3 is 2.58 bits per heavy atom. The molecule has 0 aliphatic carbocycles. The average Bonchev–Trinajstić information content (AvgIpc) is 2.60. The Balaban J connectivity index is 1.72. The van der Waals surface area contributed by atoms with Crippen LogP contribution in [0.25, 0.3) is 0 Å². The van der Waals surface area contributed by atoms with Gasteiger partial charge in [0.1, 0.15) is 11.5 Å². The third-order valence-electron chi connectivity index (χ3n) is 3.58. The molecule has 0 aliphatic rings. The second-order valence-electron chi connectivity index (χ2n) is 5.46. The molecule has 0 radical (unpaired) electrons. The Morgan fingerprint density at radius 2 is 1.88 bits per heavy atom. The minimum Gasteiger partial charge on any atom is -0.497 e. The number of nitrogens with one attached hydrogen (secondary N) is 1. The van der Waals surface area contributed by atoms with Crippen molar-refractivity contribution >= 4 is 17.5 Å². The van der Waals surface area contributed by atoms with Gasteiger partial charge in [-0.15, -0.1) is 0 Å². The van der Waals surface area contributed by atoms with Crippen LogP contribution in [0.2, 0.25) is 5.02 Å². The van der Waals surface area contributed by atoms with E-state index in [-0.39, 0.29) is 5.91 Å². The summed E-state index contributed by atoms with van der Waals surface area (Å²) in [6, 6.07) is 15.0. The normalized spacial score (nSPS) is 11.6. The molecule has 2 aromatic carbocycles. The third-order valence-corrected chi connectivity index (χ3v) is 3.83. The van der Waals surface area contributed by atoms with Crippen molar-refractivity contribution in [3.8, 4) is 11.5 Å². The van der Waals surface area contributed by atoms with Gasteiger partial charge in [-0.25, -0.2) is 0 Å². The number of rotatable bonds is 8. The lowest BCUT2D eigenvalue weighted by Crippen LogP contribution is -2.36. The molecule has 1 N–H and O–H groups in total. The van der Waals surface area contributed by atoms with Gasteiger partial charge in [0, 0.05) is 17.6 Å². The quantitative estimate of drug-likeness (QED) is 0.737. The van der Waals surface area contributed by atoms with Gasteiger partial charge >= 0.3 is 0 Å². The van der Waals surface area contributed by atoms with Crippen LogP contribution in [0.3, 0.4) is 0 Å². The molecule has 128 valence electrons. The monoisotopic (exact) mass is 347 g/mol. The average molecular weight is 348 g/mol. The molecule has 0 fully saturated rings. The van der Waals surface area contributed by atoms with Gasteiger partial charge in [-0.2, -0.15) is 0 Å². The Labute approximate surface area is 147 Å². The van der Waals surface area contributed by atoms with E-state index in [0.29, 0.717) is 18.0 Å². The van der Waals surface area contributed by atoms with E-state index in [2.05, 4.69) is 5.32 Å². The summed E-state index contributed by atoms with van der Waals surface area (Å²) >= 11 is 5.86. The largest absolute Gasteiger partial charge is 0.497 e. The SMILES string of the molecule is COc1cccc(O[C@@H](C)C(=O)NCCCc2ccc(Cl)cc2)c1. The fraction of sp³-hybridized carbons (Fsp3) is 0.316. The second-order valence-corrected chi connectivity index (χ2v) is 5.90. The number of halogens is 1. The number of aryl methyl sites for hydroxylation is 1. The fourth-order valence-electron chi connectivity index (χ4n) is 2.23. The van der Waals surface area contributed by atoms with E-state index in [1.165, 1.54) is 5.56 Å². The van der Waals surface area contributed by atoms with Crippen molar-refractivity contribution in [1.29, 1.82) is 0 Å². The van der Waals surface area contributed by atoms with Gasteiger partial charge in [-0.1, -0.05) is 29.8 Å². The topological polar surface area (TPSA) is 47.6 Å². The second kappa shape index (κ2) is 9.18. The molecule has 2 rings (SSSR count). The summed E-state index contributed by atoms with van der Waals surface area (Å²) in [5, 5.41) is 3.62. The molecule has 0 saturated heterocycles. The van der Waals surface area contributed by atoms with Crippen molar-refractivity contribution in [3.05, 3.63) is 59.1 Å². The summed E-state index contributed by atoms with van der Waals surface area (Å²) in [4.78, 5) is 12.1. The third kappa shape index (κ3) is 5.78. The Bertz CT molecular complexity index is 658. The molecule has 2 aromatic rings.